The number of nitrogens with zero attached hydrogens (tertiary/aromatic N) is 1. The molecule has 0 radical (unpaired) electrons. The van der Waals surface area contributed by atoms with Crippen LogP contribution in [0.1, 0.15) is 20.9 Å². The van der Waals surface area contributed by atoms with Crippen LogP contribution in [0.5, 0.6) is 0 Å². The third kappa shape index (κ3) is 3.20. The van der Waals surface area contributed by atoms with Gasteiger partial charge in [0.2, 0.25) is 0 Å². The summed E-state index contributed by atoms with van der Waals surface area (Å²) in [5.41, 5.74) is 2.98. The summed E-state index contributed by atoms with van der Waals surface area (Å²) >= 11 is 1.53. The van der Waals surface area contributed by atoms with E-state index in [2.05, 4.69) is 4.98 Å². The molecule has 0 atom stereocenters. The van der Waals surface area contributed by atoms with Crippen LogP contribution in [0.25, 0.3) is 11.3 Å². The molecular weight excluding hydrogens is 301 g/mol. The Kier molecular flexibility index (Phi) is 3.98. The highest BCUT2D eigenvalue weighted by Crippen LogP contribution is 2.23. The van der Waals surface area contributed by atoms with Crippen molar-refractivity contribution >= 4 is 17.3 Å². The monoisotopic (exact) mass is 313 g/mol. The van der Waals surface area contributed by atoms with Crippen LogP contribution < -0.4 is 0 Å². The molecule has 0 aliphatic carbocycles. The minimum Gasteiger partial charge on any atom is -0.478 e. The van der Waals surface area contributed by atoms with Crippen molar-refractivity contribution < 1.29 is 14.3 Å². The molecule has 0 spiro atoms. The lowest BCUT2D eigenvalue weighted by molar-refractivity contribution is 0.0697. The first-order valence-corrected chi connectivity index (χ1v) is 7.52. The molecule has 0 fully saturated rings. The molecule has 0 unspecified atom stereocenters. The Hall–Kier alpha value is -2.53. The number of thiazole rings is 1. The van der Waals surface area contributed by atoms with E-state index in [4.69, 9.17) is 5.11 Å². The second-order valence-corrected chi connectivity index (χ2v) is 5.75. The normalized spacial score (nSPS) is 10.6. The summed E-state index contributed by atoms with van der Waals surface area (Å²) in [5.74, 6) is -1.20. The molecule has 1 heterocycles. The zero-order valence-corrected chi connectivity index (χ0v) is 12.3. The van der Waals surface area contributed by atoms with E-state index in [1.54, 1.807) is 36.4 Å². The molecule has 2 aromatic carbocycles. The Labute approximate surface area is 130 Å². The first kappa shape index (κ1) is 14.4. The van der Waals surface area contributed by atoms with Crippen LogP contribution in [0.4, 0.5) is 4.39 Å². The van der Waals surface area contributed by atoms with Crippen LogP contribution in [0, 0.1) is 5.82 Å². The maximum atomic E-state index is 12.9. The summed E-state index contributed by atoms with van der Waals surface area (Å²) in [5, 5.41) is 11.7. The maximum absolute atomic E-state index is 12.9. The smallest absolute Gasteiger partial charge is 0.335 e. The van der Waals surface area contributed by atoms with Crippen molar-refractivity contribution in [3.8, 4) is 11.3 Å². The quantitative estimate of drug-likeness (QED) is 0.784. The van der Waals surface area contributed by atoms with E-state index in [0.29, 0.717) is 6.42 Å². The first-order chi connectivity index (χ1) is 10.6. The predicted molar refractivity (Wildman–Crippen MR) is 83.7 cm³/mol. The Morgan fingerprint density at radius 3 is 2.41 bits per heavy atom. The Morgan fingerprint density at radius 2 is 1.77 bits per heavy atom. The molecule has 0 aliphatic heterocycles. The van der Waals surface area contributed by atoms with Gasteiger partial charge in [0.25, 0.3) is 0 Å². The van der Waals surface area contributed by atoms with Crippen LogP contribution in [-0.2, 0) is 6.42 Å². The van der Waals surface area contributed by atoms with Gasteiger partial charge in [0.15, 0.2) is 0 Å². The van der Waals surface area contributed by atoms with Gasteiger partial charge in [-0.25, -0.2) is 14.2 Å². The number of halogens is 1. The molecule has 0 saturated carbocycles. The van der Waals surface area contributed by atoms with Gasteiger partial charge in [-0.2, -0.15) is 0 Å². The molecule has 0 saturated heterocycles. The van der Waals surface area contributed by atoms with Gasteiger partial charge in [-0.05, 0) is 42.0 Å². The van der Waals surface area contributed by atoms with Crippen molar-refractivity contribution in [2.45, 2.75) is 6.42 Å². The van der Waals surface area contributed by atoms with Gasteiger partial charge >= 0.3 is 5.97 Å². The summed E-state index contributed by atoms with van der Waals surface area (Å²) in [6, 6.07) is 13.0. The molecule has 0 bridgehead atoms. The highest BCUT2D eigenvalue weighted by molar-refractivity contribution is 7.10. The maximum Gasteiger partial charge on any atom is 0.335 e. The van der Waals surface area contributed by atoms with Crippen LogP contribution >= 0.6 is 11.3 Å². The van der Waals surface area contributed by atoms with Crippen molar-refractivity contribution in [3.63, 3.8) is 0 Å². The zero-order valence-electron chi connectivity index (χ0n) is 11.5. The Bertz CT molecular complexity index is 794. The van der Waals surface area contributed by atoms with Crippen LogP contribution in [0.2, 0.25) is 0 Å². The predicted octanol–water partition coefficient (Wildman–Crippen LogP) is 4.24. The van der Waals surface area contributed by atoms with E-state index in [-0.39, 0.29) is 11.4 Å². The lowest BCUT2D eigenvalue weighted by atomic mass is 10.1. The van der Waals surface area contributed by atoms with Gasteiger partial charge in [0.05, 0.1) is 16.3 Å². The van der Waals surface area contributed by atoms with Gasteiger partial charge in [0, 0.05) is 17.4 Å². The number of aromatic nitrogens is 1. The van der Waals surface area contributed by atoms with Crippen molar-refractivity contribution in [1.82, 2.24) is 4.98 Å². The van der Waals surface area contributed by atoms with Gasteiger partial charge in [-0.1, -0.05) is 12.1 Å². The molecule has 22 heavy (non-hydrogen) atoms. The fourth-order valence-corrected chi connectivity index (χ4v) is 2.92. The number of carboxylic acid groups (broad SMARTS) is 1. The SMILES string of the molecule is O=C(O)c1ccc(Cc2nc(-c3ccc(F)cc3)cs2)cc1. The molecule has 3 nitrogen and oxygen atoms in total. The number of aromatic carboxylic acids is 1. The van der Waals surface area contributed by atoms with Crippen LogP contribution in [-0.4, -0.2) is 16.1 Å². The largest absolute Gasteiger partial charge is 0.478 e. The van der Waals surface area contributed by atoms with Gasteiger partial charge in [-0.3, -0.25) is 0 Å². The van der Waals surface area contributed by atoms with Crippen molar-refractivity contribution in [2.24, 2.45) is 0 Å². The summed E-state index contributed by atoms with van der Waals surface area (Å²) in [7, 11) is 0. The molecule has 1 aromatic heterocycles. The van der Waals surface area contributed by atoms with E-state index in [0.717, 1.165) is 21.8 Å². The number of benzene rings is 2. The van der Waals surface area contributed by atoms with Gasteiger partial charge < -0.3 is 5.11 Å². The third-order valence-corrected chi connectivity index (χ3v) is 4.10. The number of hydrogen-bond acceptors (Lipinski definition) is 3. The van der Waals surface area contributed by atoms with E-state index >= 15 is 0 Å². The van der Waals surface area contributed by atoms with Gasteiger partial charge in [-0.15, -0.1) is 11.3 Å². The zero-order chi connectivity index (χ0) is 15.5. The molecular formula is C17H12FNO2S. The number of rotatable bonds is 4. The summed E-state index contributed by atoms with van der Waals surface area (Å²) in [4.78, 5) is 15.4. The first-order valence-electron chi connectivity index (χ1n) is 6.64. The van der Waals surface area contributed by atoms with E-state index in [9.17, 15) is 9.18 Å². The van der Waals surface area contributed by atoms with Crippen molar-refractivity contribution in [3.05, 3.63) is 75.9 Å². The Morgan fingerprint density at radius 1 is 1.09 bits per heavy atom. The number of carboxylic acids is 1. The third-order valence-electron chi connectivity index (χ3n) is 3.25. The average molecular weight is 313 g/mol. The Balaban J connectivity index is 1.76. The van der Waals surface area contributed by atoms with Gasteiger partial charge in [0.1, 0.15) is 5.82 Å². The molecule has 1 N–H and O–H groups in total. The summed E-state index contributed by atoms with van der Waals surface area (Å²) < 4.78 is 12.9. The standard InChI is InChI=1S/C17H12FNO2S/c18-14-7-5-12(6-8-14)15-10-22-16(19-15)9-11-1-3-13(4-2-11)17(20)21/h1-8,10H,9H2,(H,20,21). The molecule has 0 aliphatic rings. The van der Waals surface area contributed by atoms with E-state index < -0.39 is 5.97 Å². The minimum atomic E-state index is -0.931. The van der Waals surface area contributed by atoms with E-state index in [1.165, 1.54) is 23.5 Å². The second-order valence-electron chi connectivity index (χ2n) is 4.81. The average Bonchev–Trinajstić information content (AvgIpc) is 2.97. The molecule has 3 rings (SSSR count). The topological polar surface area (TPSA) is 50.2 Å². The summed E-state index contributed by atoms with van der Waals surface area (Å²) in [6.45, 7) is 0. The molecule has 110 valence electrons. The molecule has 0 amide bonds. The lowest BCUT2D eigenvalue weighted by Gasteiger charge is -1.99. The molecule has 5 heteroatoms. The number of hydrogen-bond donors (Lipinski definition) is 1. The lowest BCUT2D eigenvalue weighted by Crippen LogP contribution is -1.96. The van der Waals surface area contributed by atoms with Crippen LogP contribution in [0.3, 0.4) is 0 Å². The molecule has 3 aromatic rings. The fraction of sp³-hybridized carbons (Fsp3) is 0.0588. The highest BCUT2D eigenvalue weighted by Gasteiger charge is 2.07. The van der Waals surface area contributed by atoms with Crippen molar-refractivity contribution in [1.29, 1.82) is 0 Å². The fourth-order valence-electron chi connectivity index (χ4n) is 2.09. The van der Waals surface area contributed by atoms with E-state index in [1.807, 2.05) is 5.38 Å². The highest BCUT2D eigenvalue weighted by atomic mass is 32.1. The summed E-state index contributed by atoms with van der Waals surface area (Å²) in [6.07, 6.45) is 0.645. The van der Waals surface area contributed by atoms with Crippen LogP contribution in [0.15, 0.2) is 53.9 Å². The number of carbonyl (C=O) groups is 1. The second kappa shape index (κ2) is 6.07. The minimum absolute atomic E-state index is 0.266. The van der Waals surface area contributed by atoms with Crippen molar-refractivity contribution in [2.75, 3.05) is 0 Å².